The molecule has 0 bridgehead atoms. The van der Waals surface area contributed by atoms with Crippen LogP contribution in [0.5, 0.6) is 11.5 Å². The van der Waals surface area contributed by atoms with Crippen molar-refractivity contribution in [2.45, 2.75) is 6.92 Å². The first-order chi connectivity index (χ1) is 10.2. The molecule has 0 aliphatic rings. The summed E-state index contributed by atoms with van der Waals surface area (Å²) < 4.78 is 10.7. The van der Waals surface area contributed by atoms with Crippen molar-refractivity contribution in [3.8, 4) is 11.5 Å². The number of hydrogen-bond donors (Lipinski definition) is 1. The first kappa shape index (κ1) is 15.2. The zero-order chi connectivity index (χ0) is 15.1. The maximum Gasteiger partial charge on any atom is 0.262 e. The SMILES string of the molecule is CCOc1ccc(NC(=O)COc2ccc(Cl)cc2)cc1. The Morgan fingerprint density at radius 3 is 2.19 bits per heavy atom. The molecule has 21 heavy (non-hydrogen) atoms. The smallest absolute Gasteiger partial charge is 0.262 e. The van der Waals surface area contributed by atoms with Crippen LogP contribution in [0.3, 0.4) is 0 Å². The van der Waals surface area contributed by atoms with Crippen LogP contribution in [0.4, 0.5) is 5.69 Å². The molecule has 2 rings (SSSR count). The highest BCUT2D eigenvalue weighted by Crippen LogP contribution is 2.17. The summed E-state index contributed by atoms with van der Waals surface area (Å²) in [6, 6.07) is 14.0. The lowest BCUT2D eigenvalue weighted by Gasteiger charge is -2.08. The van der Waals surface area contributed by atoms with Crippen molar-refractivity contribution in [2.75, 3.05) is 18.5 Å². The van der Waals surface area contributed by atoms with Gasteiger partial charge in [-0.1, -0.05) is 11.6 Å². The zero-order valence-electron chi connectivity index (χ0n) is 11.6. The lowest BCUT2D eigenvalue weighted by molar-refractivity contribution is -0.118. The van der Waals surface area contributed by atoms with Crippen molar-refractivity contribution < 1.29 is 14.3 Å². The largest absolute Gasteiger partial charge is 0.494 e. The van der Waals surface area contributed by atoms with E-state index in [1.807, 2.05) is 6.92 Å². The van der Waals surface area contributed by atoms with E-state index in [1.54, 1.807) is 48.5 Å². The molecule has 5 heteroatoms. The van der Waals surface area contributed by atoms with Crippen LogP contribution in [0, 0.1) is 0 Å². The maximum atomic E-state index is 11.8. The van der Waals surface area contributed by atoms with Gasteiger partial charge in [0.15, 0.2) is 6.61 Å². The van der Waals surface area contributed by atoms with E-state index in [4.69, 9.17) is 21.1 Å². The number of anilines is 1. The van der Waals surface area contributed by atoms with Crippen molar-refractivity contribution in [3.63, 3.8) is 0 Å². The van der Waals surface area contributed by atoms with Gasteiger partial charge in [0.1, 0.15) is 11.5 Å². The third kappa shape index (κ3) is 5.00. The van der Waals surface area contributed by atoms with Crippen LogP contribution in [0.25, 0.3) is 0 Å². The van der Waals surface area contributed by atoms with Crippen LogP contribution in [0.1, 0.15) is 6.92 Å². The molecule has 0 saturated carbocycles. The van der Waals surface area contributed by atoms with E-state index >= 15 is 0 Å². The molecule has 0 spiro atoms. The van der Waals surface area contributed by atoms with Crippen molar-refractivity contribution in [1.29, 1.82) is 0 Å². The molecular formula is C16H16ClNO3. The number of nitrogens with one attached hydrogen (secondary N) is 1. The van der Waals surface area contributed by atoms with Gasteiger partial charge in [-0.3, -0.25) is 4.79 Å². The van der Waals surface area contributed by atoms with E-state index in [1.165, 1.54) is 0 Å². The van der Waals surface area contributed by atoms with E-state index in [0.717, 1.165) is 5.75 Å². The first-order valence-corrected chi connectivity index (χ1v) is 6.96. The minimum Gasteiger partial charge on any atom is -0.494 e. The van der Waals surface area contributed by atoms with Gasteiger partial charge < -0.3 is 14.8 Å². The molecule has 1 amide bonds. The molecule has 110 valence electrons. The average molecular weight is 306 g/mol. The molecule has 2 aromatic rings. The fourth-order valence-corrected chi connectivity index (χ4v) is 1.80. The number of rotatable bonds is 6. The summed E-state index contributed by atoms with van der Waals surface area (Å²) in [7, 11) is 0. The topological polar surface area (TPSA) is 47.6 Å². The minimum atomic E-state index is -0.228. The Bertz CT molecular complexity index is 581. The molecule has 0 atom stereocenters. The Balaban J connectivity index is 1.82. The lowest BCUT2D eigenvalue weighted by atomic mass is 10.3. The summed E-state index contributed by atoms with van der Waals surface area (Å²) in [4.78, 5) is 11.8. The summed E-state index contributed by atoms with van der Waals surface area (Å²) in [6.07, 6.45) is 0. The van der Waals surface area contributed by atoms with Gasteiger partial charge >= 0.3 is 0 Å². The Kier molecular flexibility index (Phi) is 5.46. The average Bonchev–Trinajstić information content (AvgIpc) is 2.49. The highest BCUT2D eigenvalue weighted by Gasteiger charge is 2.04. The molecule has 0 saturated heterocycles. The van der Waals surface area contributed by atoms with Gasteiger partial charge in [-0.15, -0.1) is 0 Å². The standard InChI is InChI=1S/C16H16ClNO3/c1-2-20-14-9-5-13(6-10-14)18-16(19)11-21-15-7-3-12(17)4-8-15/h3-10H,2,11H2,1H3,(H,18,19). The second kappa shape index (κ2) is 7.55. The quantitative estimate of drug-likeness (QED) is 0.884. The van der Waals surface area contributed by atoms with Crippen molar-refractivity contribution in [3.05, 3.63) is 53.6 Å². The monoisotopic (exact) mass is 305 g/mol. The Labute approximate surface area is 128 Å². The highest BCUT2D eigenvalue weighted by molar-refractivity contribution is 6.30. The number of carbonyl (C=O) groups excluding carboxylic acids is 1. The minimum absolute atomic E-state index is 0.0607. The molecule has 0 heterocycles. The summed E-state index contributed by atoms with van der Waals surface area (Å²) >= 11 is 5.77. The van der Waals surface area contributed by atoms with E-state index in [9.17, 15) is 4.79 Å². The highest BCUT2D eigenvalue weighted by atomic mass is 35.5. The Hall–Kier alpha value is -2.20. The van der Waals surface area contributed by atoms with Gasteiger partial charge in [0.05, 0.1) is 6.61 Å². The Morgan fingerprint density at radius 2 is 1.57 bits per heavy atom. The van der Waals surface area contributed by atoms with E-state index in [2.05, 4.69) is 5.32 Å². The first-order valence-electron chi connectivity index (χ1n) is 6.58. The number of hydrogen-bond acceptors (Lipinski definition) is 3. The normalized spacial score (nSPS) is 10.0. The summed E-state index contributed by atoms with van der Waals surface area (Å²) in [5.41, 5.74) is 0.697. The van der Waals surface area contributed by atoms with Gasteiger partial charge in [-0.2, -0.15) is 0 Å². The van der Waals surface area contributed by atoms with Crippen LogP contribution < -0.4 is 14.8 Å². The molecule has 1 N–H and O–H groups in total. The number of carbonyl (C=O) groups is 1. The van der Waals surface area contributed by atoms with E-state index in [0.29, 0.717) is 23.1 Å². The third-order valence-corrected chi connectivity index (χ3v) is 2.88. The lowest BCUT2D eigenvalue weighted by Crippen LogP contribution is -2.20. The van der Waals surface area contributed by atoms with Crippen LogP contribution >= 0.6 is 11.6 Å². The number of amides is 1. The molecular weight excluding hydrogens is 290 g/mol. The fraction of sp³-hybridized carbons (Fsp3) is 0.188. The van der Waals surface area contributed by atoms with Crippen LogP contribution in [0.2, 0.25) is 5.02 Å². The third-order valence-electron chi connectivity index (χ3n) is 2.63. The predicted octanol–water partition coefficient (Wildman–Crippen LogP) is 3.76. The van der Waals surface area contributed by atoms with Crippen LogP contribution in [-0.2, 0) is 4.79 Å². The van der Waals surface area contributed by atoms with Crippen LogP contribution in [0.15, 0.2) is 48.5 Å². The molecule has 0 fully saturated rings. The molecule has 0 aliphatic heterocycles. The predicted molar refractivity (Wildman–Crippen MR) is 83.2 cm³/mol. The fourth-order valence-electron chi connectivity index (χ4n) is 1.68. The van der Waals surface area contributed by atoms with Crippen molar-refractivity contribution in [1.82, 2.24) is 0 Å². The Morgan fingerprint density at radius 1 is 1.00 bits per heavy atom. The summed E-state index contributed by atoms with van der Waals surface area (Å²) in [5, 5.41) is 3.37. The molecule has 0 aliphatic carbocycles. The number of ether oxygens (including phenoxy) is 2. The summed E-state index contributed by atoms with van der Waals surface area (Å²) in [5.74, 6) is 1.14. The molecule has 0 unspecified atom stereocenters. The maximum absolute atomic E-state index is 11.8. The second-order valence-corrected chi connectivity index (χ2v) is 4.68. The van der Waals surface area contributed by atoms with Gasteiger partial charge in [-0.05, 0) is 55.5 Å². The zero-order valence-corrected chi connectivity index (χ0v) is 12.4. The molecule has 4 nitrogen and oxygen atoms in total. The van der Waals surface area contributed by atoms with Gasteiger partial charge in [0.25, 0.3) is 5.91 Å². The number of benzene rings is 2. The van der Waals surface area contributed by atoms with E-state index in [-0.39, 0.29) is 12.5 Å². The van der Waals surface area contributed by atoms with Gasteiger partial charge in [0, 0.05) is 10.7 Å². The molecule has 2 aromatic carbocycles. The van der Waals surface area contributed by atoms with Gasteiger partial charge in [-0.25, -0.2) is 0 Å². The second-order valence-electron chi connectivity index (χ2n) is 4.25. The van der Waals surface area contributed by atoms with Crippen molar-refractivity contribution >= 4 is 23.2 Å². The summed E-state index contributed by atoms with van der Waals surface area (Å²) in [6.45, 7) is 2.47. The van der Waals surface area contributed by atoms with Gasteiger partial charge in [0.2, 0.25) is 0 Å². The van der Waals surface area contributed by atoms with E-state index < -0.39 is 0 Å². The molecule has 0 aromatic heterocycles. The van der Waals surface area contributed by atoms with Crippen LogP contribution in [-0.4, -0.2) is 19.1 Å². The molecule has 0 radical (unpaired) electrons. The van der Waals surface area contributed by atoms with Crippen molar-refractivity contribution in [2.24, 2.45) is 0 Å². The number of halogens is 1.